The highest BCUT2D eigenvalue weighted by Crippen LogP contribution is 2.16. The number of benzene rings is 1. The van der Waals surface area contributed by atoms with Gasteiger partial charge in [0, 0.05) is 17.6 Å². The van der Waals surface area contributed by atoms with Crippen LogP contribution in [0.4, 0.5) is 4.79 Å². The molecule has 0 fully saturated rings. The smallest absolute Gasteiger partial charge is 0.410 e. The first-order valence-electron chi connectivity index (χ1n) is 4.55. The third-order valence-corrected chi connectivity index (χ3v) is 1.81. The Morgan fingerprint density at radius 2 is 2.40 bits per heavy atom. The van der Waals surface area contributed by atoms with E-state index in [9.17, 15) is 4.79 Å². The average molecular weight is 229 g/mol. The van der Waals surface area contributed by atoms with Crippen molar-refractivity contribution < 1.29 is 9.53 Å². The molecule has 0 radical (unpaired) electrons. The molecule has 0 saturated heterocycles. The SMILES string of the molecule is CC(N)CNC(=O)Oc1cccc(Cl)c1. The van der Waals surface area contributed by atoms with Gasteiger partial charge in [0.05, 0.1) is 0 Å². The molecule has 1 aromatic rings. The Morgan fingerprint density at radius 1 is 1.67 bits per heavy atom. The van der Waals surface area contributed by atoms with Crippen LogP contribution in [0.3, 0.4) is 0 Å². The van der Waals surface area contributed by atoms with Crippen molar-refractivity contribution in [2.24, 2.45) is 5.73 Å². The summed E-state index contributed by atoms with van der Waals surface area (Å²) in [4.78, 5) is 11.2. The first kappa shape index (κ1) is 11.8. The number of nitrogens with two attached hydrogens (primary N) is 1. The highest BCUT2D eigenvalue weighted by molar-refractivity contribution is 6.30. The Bertz CT molecular complexity index is 342. The highest BCUT2D eigenvalue weighted by atomic mass is 35.5. The monoisotopic (exact) mass is 228 g/mol. The maximum absolute atomic E-state index is 11.2. The molecule has 5 heteroatoms. The number of hydrogen-bond acceptors (Lipinski definition) is 3. The first-order valence-corrected chi connectivity index (χ1v) is 4.92. The standard InChI is InChI=1S/C10H13ClN2O2/c1-7(12)6-13-10(14)15-9-4-2-3-8(11)5-9/h2-5,7H,6,12H2,1H3,(H,13,14). The zero-order valence-corrected chi connectivity index (χ0v) is 9.12. The summed E-state index contributed by atoms with van der Waals surface area (Å²) < 4.78 is 4.96. The van der Waals surface area contributed by atoms with E-state index in [1.807, 2.05) is 0 Å². The topological polar surface area (TPSA) is 64.3 Å². The minimum atomic E-state index is -0.533. The van der Waals surface area contributed by atoms with Gasteiger partial charge in [-0.1, -0.05) is 17.7 Å². The molecular formula is C10H13ClN2O2. The van der Waals surface area contributed by atoms with Gasteiger partial charge in [0.1, 0.15) is 5.75 Å². The molecule has 1 rings (SSSR count). The Labute approximate surface area is 93.4 Å². The molecule has 15 heavy (non-hydrogen) atoms. The van der Waals surface area contributed by atoms with E-state index in [4.69, 9.17) is 22.1 Å². The third-order valence-electron chi connectivity index (χ3n) is 1.58. The predicted molar refractivity (Wildman–Crippen MR) is 59.1 cm³/mol. The molecule has 0 aliphatic rings. The number of hydrogen-bond donors (Lipinski definition) is 2. The largest absolute Gasteiger partial charge is 0.412 e. The van der Waals surface area contributed by atoms with E-state index in [0.29, 0.717) is 17.3 Å². The predicted octanol–water partition coefficient (Wildman–Crippen LogP) is 1.78. The average Bonchev–Trinajstić information content (AvgIpc) is 2.15. The van der Waals surface area contributed by atoms with Crippen LogP contribution in [0, 0.1) is 0 Å². The van der Waals surface area contributed by atoms with Crippen molar-refractivity contribution in [3.05, 3.63) is 29.3 Å². The summed E-state index contributed by atoms with van der Waals surface area (Å²) in [6, 6.07) is 6.52. The molecule has 4 nitrogen and oxygen atoms in total. The van der Waals surface area contributed by atoms with Crippen molar-refractivity contribution in [1.82, 2.24) is 5.32 Å². The van der Waals surface area contributed by atoms with E-state index in [-0.39, 0.29) is 6.04 Å². The van der Waals surface area contributed by atoms with Crippen molar-refractivity contribution in [3.63, 3.8) is 0 Å². The van der Waals surface area contributed by atoms with Crippen LogP contribution in [0.2, 0.25) is 5.02 Å². The van der Waals surface area contributed by atoms with E-state index in [1.165, 1.54) is 0 Å². The van der Waals surface area contributed by atoms with Gasteiger partial charge in [-0.05, 0) is 25.1 Å². The lowest BCUT2D eigenvalue weighted by atomic mass is 10.3. The van der Waals surface area contributed by atoms with Crippen molar-refractivity contribution >= 4 is 17.7 Å². The molecule has 0 heterocycles. The molecular weight excluding hydrogens is 216 g/mol. The van der Waals surface area contributed by atoms with Crippen LogP contribution in [-0.4, -0.2) is 18.7 Å². The van der Waals surface area contributed by atoms with E-state index in [0.717, 1.165) is 0 Å². The van der Waals surface area contributed by atoms with Gasteiger partial charge in [0.2, 0.25) is 0 Å². The molecule has 1 atom stereocenters. The number of nitrogens with one attached hydrogen (secondary N) is 1. The summed E-state index contributed by atoms with van der Waals surface area (Å²) >= 11 is 5.72. The summed E-state index contributed by atoms with van der Waals surface area (Å²) in [5.74, 6) is 0.407. The van der Waals surface area contributed by atoms with Crippen LogP contribution in [-0.2, 0) is 0 Å². The molecule has 0 saturated carbocycles. The fourth-order valence-electron chi connectivity index (χ4n) is 0.918. The molecule has 1 amide bonds. The van der Waals surface area contributed by atoms with Gasteiger partial charge in [-0.15, -0.1) is 0 Å². The fourth-order valence-corrected chi connectivity index (χ4v) is 1.10. The molecule has 82 valence electrons. The number of rotatable bonds is 3. The molecule has 0 spiro atoms. The van der Waals surface area contributed by atoms with Crippen molar-refractivity contribution in [2.45, 2.75) is 13.0 Å². The summed E-state index contributed by atoms with van der Waals surface area (Å²) in [6.45, 7) is 2.17. The zero-order chi connectivity index (χ0) is 11.3. The zero-order valence-electron chi connectivity index (χ0n) is 8.37. The van der Waals surface area contributed by atoms with Crippen molar-refractivity contribution in [2.75, 3.05) is 6.54 Å². The van der Waals surface area contributed by atoms with Gasteiger partial charge in [0.25, 0.3) is 0 Å². The molecule has 0 aliphatic carbocycles. The summed E-state index contributed by atoms with van der Waals surface area (Å²) in [5, 5.41) is 3.04. The van der Waals surface area contributed by atoms with Crippen LogP contribution < -0.4 is 15.8 Å². The first-order chi connectivity index (χ1) is 7.08. The molecule has 0 bridgehead atoms. The maximum atomic E-state index is 11.2. The lowest BCUT2D eigenvalue weighted by Crippen LogP contribution is -2.36. The van der Waals surface area contributed by atoms with Crippen molar-refractivity contribution in [1.29, 1.82) is 0 Å². The van der Waals surface area contributed by atoms with E-state index < -0.39 is 6.09 Å². The lowest BCUT2D eigenvalue weighted by molar-refractivity contribution is 0.200. The van der Waals surface area contributed by atoms with E-state index in [2.05, 4.69) is 5.32 Å². The highest BCUT2D eigenvalue weighted by Gasteiger charge is 2.04. The van der Waals surface area contributed by atoms with Gasteiger partial charge < -0.3 is 15.8 Å². The number of ether oxygens (including phenoxy) is 1. The Morgan fingerprint density at radius 3 is 3.00 bits per heavy atom. The van der Waals surface area contributed by atoms with Crippen molar-refractivity contribution in [3.8, 4) is 5.75 Å². The van der Waals surface area contributed by atoms with Gasteiger partial charge in [0.15, 0.2) is 0 Å². The van der Waals surface area contributed by atoms with Gasteiger partial charge >= 0.3 is 6.09 Å². The van der Waals surface area contributed by atoms with E-state index >= 15 is 0 Å². The number of carbonyl (C=O) groups is 1. The molecule has 0 aromatic heterocycles. The second-order valence-corrected chi connectivity index (χ2v) is 3.64. The quantitative estimate of drug-likeness (QED) is 0.829. The normalized spacial score (nSPS) is 11.9. The molecule has 1 aromatic carbocycles. The number of halogens is 1. The molecule has 0 aliphatic heterocycles. The van der Waals surface area contributed by atoms with E-state index in [1.54, 1.807) is 31.2 Å². The van der Waals surface area contributed by atoms with Crippen LogP contribution in [0.25, 0.3) is 0 Å². The third kappa shape index (κ3) is 4.67. The Kier molecular flexibility index (Phi) is 4.39. The van der Waals surface area contributed by atoms with Crippen LogP contribution >= 0.6 is 11.6 Å². The second-order valence-electron chi connectivity index (χ2n) is 3.21. The number of carbonyl (C=O) groups excluding carboxylic acids is 1. The van der Waals surface area contributed by atoms with Gasteiger partial charge in [-0.2, -0.15) is 0 Å². The lowest BCUT2D eigenvalue weighted by Gasteiger charge is -2.08. The summed E-state index contributed by atoms with van der Waals surface area (Å²) in [7, 11) is 0. The number of amides is 1. The summed E-state index contributed by atoms with van der Waals surface area (Å²) in [6.07, 6.45) is -0.533. The summed E-state index contributed by atoms with van der Waals surface area (Å²) in [5.41, 5.74) is 5.47. The Hall–Kier alpha value is -1.26. The Balaban J connectivity index is 2.44. The van der Waals surface area contributed by atoms with Crippen LogP contribution in [0.1, 0.15) is 6.92 Å². The minimum Gasteiger partial charge on any atom is -0.410 e. The second kappa shape index (κ2) is 5.58. The molecule has 1 unspecified atom stereocenters. The van der Waals surface area contributed by atoms with Crippen LogP contribution in [0.15, 0.2) is 24.3 Å². The van der Waals surface area contributed by atoms with Crippen LogP contribution in [0.5, 0.6) is 5.75 Å². The van der Waals surface area contributed by atoms with Gasteiger partial charge in [-0.25, -0.2) is 4.79 Å². The minimum absolute atomic E-state index is 0.100. The maximum Gasteiger partial charge on any atom is 0.412 e. The molecule has 3 N–H and O–H groups in total. The fraction of sp³-hybridized carbons (Fsp3) is 0.300. The van der Waals surface area contributed by atoms with Gasteiger partial charge in [-0.3, -0.25) is 0 Å².